The molecule has 0 spiro atoms. The number of halogens is 1. The van der Waals surface area contributed by atoms with Crippen molar-refractivity contribution < 1.29 is 4.74 Å². The maximum atomic E-state index is 8.93. The zero-order valence-corrected chi connectivity index (χ0v) is 12.7. The Hall–Kier alpha value is -2.32. The van der Waals surface area contributed by atoms with Crippen molar-refractivity contribution in [3.63, 3.8) is 0 Å². The molecule has 0 aliphatic rings. The van der Waals surface area contributed by atoms with Crippen LogP contribution < -0.4 is 10.5 Å². The summed E-state index contributed by atoms with van der Waals surface area (Å²) in [6.07, 6.45) is 0. The van der Waals surface area contributed by atoms with Crippen molar-refractivity contribution in [2.45, 2.75) is 6.92 Å². The summed E-state index contributed by atoms with van der Waals surface area (Å²) < 4.78 is 6.37. The smallest absolute Gasteiger partial charge is 0.220 e. The number of anilines is 1. The molecule has 0 aliphatic heterocycles. The lowest BCUT2D eigenvalue weighted by molar-refractivity contribution is 0.460. The average molecular weight is 376 g/mol. The van der Waals surface area contributed by atoms with Crippen LogP contribution in [0.5, 0.6) is 11.6 Å². The number of rotatable bonds is 2. The van der Waals surface area contributed by atoms with Gasteiger partial charge in [-0.15, -0.1) is 0 Å². The molecule has 2 rings (SSSR count). The number of benzene rings is 1. The highest BCUT2D eigenvalue weighted by Gasteiger charge is 2.11. The van der Waals surface area contributed by atoms with E-state index in [0.29, 0.717) is 37.7 Å². The fraction of sp³-hybridized carbons (Fsp3) is 0.0714. The van der Waals surface area contributed by atoms with Crippen molar-refractivity contribution in [2.75, 3.05) is 5.73 Å². The number of nitrogen functional groups attached to an aromatic ring is 1. The highest BCUT2D eigenvalue weighted by Crippen LogP contribution is 2.33. The topological polar surface area (TPSA) is 95.7 Å². The van der Waals surface area contributed by atoms with E-state index in [1.165, 1.54) is 0 Å². The van der Waals surface area contributed by atoms with Gasteiger partial charge in [-0.3, -0.25) is 0 Å². The molecule has 0 atom stereocenters. The number of nitriles is 2. The summed E-state index contributed by atoms with van der Waals surface area (Å²) >= 11 is 2.04. The van der Waals surface area contributed by atoms with Crippen LogP contribution in [0.4, 0.5) is 5.69 Å². The number of ether oxygens (including phenoxy) is 1. The van der Waals surface area contributed by atoms with Gasteiger partial charge in [-0.2, -0.15) is 10.5 Å². The van der Waals surface area contributed by atoms with Crippen LogP contribution in [0.1, 0.15) is 16.8 Å². The molecule has 1 aromatic carbocycles. The Morgan fingerprint density at radius 2 is 1.80 bits per heavy atom. The van der Waals surface area contributed by atoms with Gasteiger partial charge in [-0.25, -0.2) is 4.98 Å². The summed E-state index contributed by atoms with van der Waals surface area (Å²) in [4.78, 5) is 4.20. The van der Waals surface area contributed by atoms with Gasteiger partial charge >= 0.3 is 0 Å². The third kappa shape index (κ3) is 2.98. The van der Waals surface area contributed by atoms with E-state index in [1.54, 1.807) is 31.2 Å². The minimum atomic E-state index is 0.302. The summed E-state index contributed by atoms with van der Waals surface area (Å²) in [5.74, 6) is 0.738. The third-order valence-corrected chi connectivity index (χ3v) is 3.27. The molecule has 0 amide bonds. The number of aromatic nitrogens is 1. The highest BCUT2D eigenvalue weighted by atomic mass is 127. The Morgan fingerprint density at radius 3 is 2.40 bits per heavy atom. The van der Waals surface area contributed by atoms with E-state index in [9.17, 15) is 0 Å². The standard InChI is InChI=1S/C14H9IN4O/c1-8-2-9(6-16)5-13(19-8)20-14-11(15)3-10(7-17)4-12(14)18/h2-5H,18H2,1H3. The molecular weight excluding hydrogens is 367 g/mol. The largest absolute Gasteiger partial charge is 0.436 e. The second-order valence-electron chi connectivity index (χ2n) is 4.04. The van der Waals surface area contributed by atoms with Crippen molar-refractivity contribution in [2.24, 2.45) is 0 Å². The van der Waals surface area contributed by atoms with Crippen LogP contribution in [0, 0.1) is 33.2 Å². The molecule has 0 saturated carbocycles. The predicted molar refractivity (Wildman–Crippen MR) is 82.0 cm³/mol. The minimum Gasteiger partial charge on any atom is -0.436 e. The number of aryl methyl sites for hydroxylation is 1. The number of nitrogens with two attached hydrogens (primary N) is 1. The SMILES string of the molecule is Cc1cc(C#N)cc(Oc2c(N)cc(C#N)cc2I)n1. The van der Waals surface area contributed by atoms with Gasteiger partial charge in [0.25, 0.3) is 0 Å². The van der Waals surface area contributed by atoms with E-state index in [-0.39, 0.29) is 0 Å². The number of hydrogen-bond donors (Lipinski definition) is 1. The van der Waals surface area contributed by atoms with Crippen LogP contribution in [0.2, 0.25) is 0 Å². The van der Waals surface area contributed by atoms with Gasteiger partial charge in [0, 0.05) is 11.8 Å². The quantitative estimate of drug-likeness (QED) is 0.642. The fourth-order valence-electron chi connectivity index (χ4n) is 1.65. The Labute approximate surface area is 129 Å². The second-order valence-corrected chi connectivity index (χ2v) is 5.20. The van der Waals surface area contributed by atoms with Crippen LogP contribution >= 0.6 is 22.6 Å². The van der Waals surface area contributed by atoms with Gasteiger partial charge in [-0.1, -0.05) is 0 Å². The summed E-state index contributed by atoms with van der Waals surface area (Å²) in [5, 5.41) is 17.8. The second kappa shape index (κ2) is 5.76. The molecule has 6 heteroatoms. The van der Waals surface area contributed by atoms with E-state index in [0.717, 1.165) is 0 Å². The maximum absolute atomic E-state index is 8.93. The Bertz CT molecular complexity index is 736. The van der Waals surface area contributed by atoms with Gasteiger partial charge in [-0.05, 0) is 47.7 Å². The lowest BCUT2D eigenvalue weighted by Crippen LogP contribution is -1.98. The normalized spacial score (nSPS) is 9.60. The molecule has 98 valence electrons. The van der Waals surface area contributed by atoms with E-state index >= 15 is 0 Å². The maximum Gasteiger partial charge on any atom is 0.220 e. The summed E-state index contributed by atoms with van der Waals surface area (Å²) in [5.41, 5.74) is 7.85. The number of pyridine rings is 1. The highest BCUT2D eigenvalue weighted by molar-refractivity contribution is 14.1. The van der Waals surface area contributed by atoms with Crippen molar-refractivity contribution in [3.8, 4) is 23.8 Å². The molecule has 2 N–H and O–H groups in total. The van der Waals surface area contributed by atoms with E-state index in [4.69, 9.17) is 21.0 Å². The van der Waals surface area contributed by atoms with Gasteiger partial charge in [0.15, 0.2) is 5.75 Å². The summed E-state index contributed by atoms with van der Waals surface area (Å²) in [6, 6.07) is 10.5. The van der Waals surface area contributed by atoms with E-state index < -0.39 is 0 Å². The molecule has 2 aromatic rings. The third-order valence-electron chi connectivity index (χ3n) is 2.47. The van der Waals surface area contributed by atoms with Gasteiger partial charge < -0.3 is 10.5 Å². The fourth-order valence-corrected chi connectivity index (χ4v) is 2.40. The number of hydrogen-bond acceptors (Lipinski definition) is 5. The Kier molecular flexibility index (Phi) is 4.06. The first-order valence-corrected chi connectivity index (χ1v) is 6.67. The van der Waals surface area contributed by atoms with Crippen molar-refractivity contribution in [1.29, 1.82) is 10.5 Å². The van der Waals surface area contributed by atoms with Crippen LogP contribution in [-0.2, 0) is 0 Å². The van der Waals surface area contributed by atoms with Crippen LogP contribution in [-0.4, -0.2) is 4.98 Å². The van der Waals surface area contributed by atoms with Gasteiger partial charge in [0.1, 0.15) is 0 Å². The van der Waals surface area contributed by atoms with E-state index in [2.05, 4.69) is 4.98 Å². The molecule has 1 aromatic heterocycles. The molecule has 20 heavy (non-hydrogen) atoms. The Morgan fingerprint density at radius 1 is 1.15 bits per heavy atom. The van der Waals surface area contributed by atoms with Gasteiger partial charge in [0.05, 0.1) is 32.5 Å². The van der Waals surface area contributed by atoms with Crippen molar-refractivity contribution >= 4 is 28.3 Å². The monoisotopic (exact) mass is 376 g/mol. The molecule has 0 saturated heterocycles. The molecule has 0 bridgehead atoms. The first-order chi connectivity index (χ1) is 9.53. The number of nitrogens with zero attached hydrogens (tertiary/aromatic N) is 3. The average Bonchev–Trinajstić information content (AvgIpc) is 2.41. The van der Waals surface area contributed by atoms with Crippen molar-refractivity contribution in [1.82, 2.24) is 4.98 Å². The molecule has 0 radical (unpaired) electrons. The molecule has 0 aliphatic carbocycles. The first-order valence-electron chi connectivity index (χ1n) is 5.59. The summed E-state index contributed by atoms with van der Waals surface area (Å²) in [7, 11) is 0. The molecule has 1 heterocycles. The molecule has 5 nitrogen and oxygen atoms in total. The zero-order valence-electron chi connectivity index (χ0n) is 10.5. The summed E-state index contributed by atoms with van der Waals surface area (Å²) in [6.45, 7) is 1.78. The lowest BCUT2D eigenvalue weighted by atomic mass is 10.2. The van der Waals surface area contributed by atoms with Crippen LogP contribution in [0.15, 0.2) is 24.3 Å². The van der Waals surface area contributed by atoms with Crippen molar-refractivity contribution in [3.05, 3.63) is 44.7 Å². The van der Waals surface area contributed by atoms with Gasteiger partial charge in [0.2, 0.25) is 5.88 Å². The van der Waals surface area contributed by atoms with E-state index in [1.807, 2.05) is 34.7 Å². The molecular formula is C14H9IN4O. The minimum absolute atomic E-state index is 0.302. The van der Waals surface area contributed by atoms with Crippen LogP contribution in [0.25, 0.3) is 0 Å². The lowest BCUT2D eigenvalue weighted by Gasteiger charge is -2.11. The van der Waals surface area contributed by atoms with Crippen LogP contribution in [0.3, 0.4) is 0 Å². The predicted octanol–water partition coefficient (Wildman–Crippen LogP) is 3.11. The zero-order chi connectivity index (χ0) is 14.7. The Balaban J connectivity index is 2.43. The molecule has 0 unspecified atom stereocenters. The molecule has 0 fully saturated rings. The first kappa shape index (κ1) is 14.1.